The van der Waals surface area contributed by atoms with Crippen molar-refractivity contribution in [1.82, 2.24) is 5.32 Å². The highest BCUT2D eigenvalue weighted by Crippen LogP contribution is 2.12. The van der Waals surface area contributed by atoms with Crippen molar-refractivity contribution in [3.8, 4) is 0 Å². The molecule has 3 nitrogen and oxygen atoms in total. The van der Waals surface area contributed by atoms with Gasteiger partial charge in [-0.05, 0) is 29.3 Å². The topological polar surface area (TPSA) is 38.3 Å². The van der Waals surface area contributed by atoms with Crippen LogP contribution in [0.1, 0.15) is 21.5 Å². The van der Waals surface area contributed by atoms with E-state index in [1.807, 2.05) is 24.3 Å². The molecule has 0 radical (unpaired) electrons. The summed E-state index contributed by atoms with van der Waals surface area (Å²) in [5, 5.41) is 2.58. The summed E-state index contributed by atoms with van der Waals surface area (Å²) in [5.74, 6) is -2.06. The molecule has 2 aromatic carbocycles. The van der Waals surface area contributed by atoms with Gasteiger partial charge in [0.2, 0.25) is 0 Å². The Labute approximate surface area is 121 Å². The third-order valence-corrected chi connectivity index (χ3v) is 3.03. The van der Waals surface area contributed by atoms with E-state index in [1.165, 1.54) is 0 Å². The number of hydrogen-bond donors (Lipinski definition) is 1. The van der Waals surface area contributed by atoms with Gasteiger partial charge in [-0.2, -0.15) is 0 Å². The zero-order valence-electron chi connectivity index (χ0n) is 11.5. The SMILES string of the molecule is COCc1ccccc1CNC(=O)c1cc(F)ccc1F. The minimum absolute atomic E-state index is 0.217. The molecule has 2 aromatic rings. The number of rotatable bonds is 5. The third kappa shape index (κ3) is 3.86. The first kappa shape index (κ1) is 15.1. The third-order valence-electron chi connectivity index (χ3n) is 3.03. The zero-order chi connectivity index (χ0) is 15.2. The number of methoxy groups -OCH3 is 1. The number of carbonyl (C=O) groups is 1. The van der Waals surface area contributed by atoms with E-state index < -0.39 is 17.5 Å². The van der Waals surface area contributed by atoms with Gasteiger partial charge in [0, 0.05) is 13.7 Å². The summed E-state index contributed by atoms with van der Waals surface area (Å²) < 4.78 is 31.6. The molecule has 0 heterocycles. The number of carbonyl (C=O) groups excluding carboxylic acids is 1. The maximum atomic E-state index is 13.5. The van der Waals surface area contributed by atoms with Crippen LogP contribution in [0.3, 0.4) is 0 Å². The van der Waals surface area contributed by atoms with Gasteiger partial charge in [-0.25, -0.2) is 8.78 Å². The lowest BCUT2D eigenvalue weighted by molar-refractivity contribution is 0.0946. The summed E-state index contributed by atoms with van der Waals surface area (Å²) in [6.07, 6.45) is 0. The average molecular weight is 291 g/mol. The first-order chi connectivity index (χ1) is 10.1. The molecular formula is C16H15F2NO2. The molecule has 0 atom stereocenters. The summed E-state index contributed by atoms with van der Waals surface area (Å²) >= 11 is 0. The molecule has 110 valence electrons. The van der Waals surface area contributed by atoms with Crippen molar-refractivity contribution in [2.75, 3.05) is 7.11 Å². The lowest BCUT2D eigenvalue weighted by Crippen LogP contribution is -2.24. The van der Waals surface area contributed by atoms with Crippen molar-refractivity contribution in [3.05, 3.63) is 70.8 Å². The Hall–Kier alpha value is -2.27. The zero-order valence-corrected chi connectivity index (χ0v) is 11.5. The molecule has 0 aromatic heterocycles. The largest absolute Gasteiger partial charge is 0.380 e. The quantitative estimate of drug-likeness (QED) is 0.919. The molecule has 0 saturated heterocycles. The van der Waals surface area contributed by atoms with Gasteiger partial charge in [0.05, 0.1) is 12.2 Å². The average Bonchev–Trinajstić information content (AvgIpc) is 2.49. The second kappa shape index (κ2) is 6.95. The lowest BCUT2D eigenvalue weighted by Gasteiger charge is -2.10. The fourth-order valence-corrected chi connectivity index (χ4v) is 1.97. The van der Waals surface area contributed by atoms with Crippen LogP contribution in [0, 0.1) is 11.6 Å². The smallest absolute Gasteiger partial charge is 0.254 e. The lowest BCUT2D eigenvalue weighted by atomic mass is 10.1. The van der Waals surface area contributed by atoms with E-state index in [9.17, 15) is 13.6 Å². The first-order valence-corrected chi connectivity index (χ1v) is 6.41. The molecule has 2 rings (SSSR count). The fourth-order valence-electron chi connectivity index (χ4n) is 1.97. The van der Waals surface area contributed by atoms with Crippen LogP contribution in [0.5, 0.6) is 0 Å². The summed E-state index contributed by atoms with van der Waals surface area (Å²) in [6, 6.07) is 10.2. The van der Waals surface area contributed by atoms with Crippen LogP contribution in [-0.4, -0.2) is 13.0 Å². The van der Waals surface area contributed by atoms with Crippen molar-refractivity contribution in [1.29, 1.82) is 0 Å². The molecule has 0 aliphatic rings. The van der Waals surface area contributed by atoms with Gasteiger partial charge in [-0.3, -0.25) is 4.79 Å². The van der Waals surface area contributed by atoms with Gasteiger partial charge in [0.15, 0.2) is 0 Å². The monoisotopic (exact) mass is 291 g/mol. The Morgan fingerprint density at radius 1 is 1.14 bits per heavy atom. The molecule has 1 N–H and O–H groups in total. The summed E-state index contributed by atoms with van der Waals surface area (Å²) in [6.45, 7) is 0.634. The normalized spacial score (nSPS) is 10.4. The fraction of sp³-hybridized carbons (Fsp3) is 0.188. The van der Waals surface area contributed by atoms with Crippen molar-refractivity contribution in [2.45, 2.75) is 13.2 Å². The van der Waals surface area contributed by atoms with Gasteiger partial charge >= 0.3 is 0 Å². The Kier molecular flexibility index (Phi) is 5.00. The predicted octanol–water partition coefficient (Wildman–Crippen LogP) is 3.04. The van der Waals surface area contributed by atoms with Gasteiger partial charge in [-0.1, -0.05) is 24.3 Å². The molecule has 21 heavy (non-hydrogen) atoms. The number of ether oxygens (including phenoxy) is 1. The number of benzene rings is 2. The molecule has 0 aliphatic carbocycles. The van der Waals surface area contributed by atoms with Crippen LogP contribution in [0.25, 0.3) is 0 Å². The minimum atomic E-state index is -0.751. The van der Waals surface area contributed by atoms with E-state index in [2.05, 4.69) is 5.32 Å². The Bertz CT molecular complexity index is 644. The Balaban J connectivity index is 2.09. The van der Waals surface area contributed by atoms with Crippen LogP contribution in [0.4, 0.5) is 8.78 Å². The predicted molar refractivity (Wildman–Crippen MR) is 74.7 cm³/mol. The summed E-state index contributed by atoms with van der Waals surface area (Å²) in [7, 11) is 1.58. The van der Waals surface area contributed by atoms with Gasteiger partial charge in [-0.15, -0.1) is 0 Å². The molecule has 0 bridgehead atoms. The molecule has 5 heteroatoms. The molecule has 0 fully saturated rings. The highest BCUT2D eigenvalue weighted by atomic mass is 19.1. The van der Waals surface area contributed by atoms with Crippen LogP contribution in [0.15, 0.2) is 42.5 Å². The second-order valence-corrected chi connectivity index (χ2v) is 4.51. The molecule has 0 unspecified atom stereocenters. The van der Waals surface area contributed by atoms with E-state index in [-0.39, 0.29) is 12.1 Å². The van der Waals surface area contributed by atoms with Gasteiger partial charge in [0.25, 0.3) is 5.91 Å². The van der Waals surface area contributed by atoms with Crippen LogP contribution in [-0.2, 0) is 17.9 Å². The van der Waals surface area contributed by atoms with Gasteiger partial charge < -0.3 is 10.1 Å². The minimum Gasteiger partial charge on any atom is -0.380 e. The van der Waals surface area contributed by atoms with Crippen molar-refractivity contribution in [2.24, 2.45) is 0 Å². The van der Waals surface area contributed by atoms with E-state index in [0.717, 1.165) is 29.3 Å². The molecule has 0 saturated carbocycles. The van der Waals surface area contributed by atoms with Gasteiger partial charge in [0.1, 0.15) is 11.6 Å². The van der Waals surface area contributed by atoms with Crippen LogP contribution < -0.4 is 5.32 Å². The standard InChI is InChI=1S/C16H15F2NO2/c1-21-10-12-5-3-2-4-11(12)9-19-16(20)14-8-13(17)6-7-15(14)18/h2-8H,9-10H2,1H3,(H,19,20). The van der Waals surface area contributed by atoms with Crippen LogP contribution >= 0.6 is 0 Å². The maximum absolute atomic E-state index is 13.5. The number of amides is 1. The number of halogens is 2. The highest BCUT2D eigenvalue weighted by molar-refractivity contribution is 5.94. The first-order valence-electron chi connectivity index (χ1n) is 6.41. The molecule has 0 spiro atoms. The van der Waals surface area contributed by atoms with E-state index in [4.69, 9.17) is 4.74 Å². The Morgan fingerprint density at radius 2 is 1.86 bits per heavy atom. The van der Waals surface area contributed by atoms with Crippen molar-refractivity contribution >= 4 is 5.91 Å². The molecule has 0 aliphatic heterocycles. The second-order valence-electron chi connectivity index (χ2n) is 4.51. The number of nitrogens with one attached hydrogen (secondary N) is 1. The molecular weight excluding hydrogens is 276 g/mol. The van der Waals surface area contributed by atoms with Crippen molar-refractivity contribution in [3.63, 3.8) is 0 Å². The van der Waals surface area contributed by atoms with E-state index >= 15 is 0 Å². The Morgan fingerprint density at radius 3 is 2.57 bits per heavy atom. The van der Waals surface area contributed by atoms with E-state index in [0.29, 0.717) is 6.61 Å². The molecule has 1 amide bonds. The summed E-state index contributed by atoms with van der Waals surface area (Å²) in [5.41, 5.74) is 1.49. The van der Waals surface area contributed by atoms with Crippen molar-refractivity contribution < 1.29 is 18.3 Å². The maximum Gasteiger partial charge on any atom is 0.254 e. The van der Waals surface area contributed by atoms with E-state index in [1.54, 1.807) is 7.11 Å². The summed E-state index contributed by atoms with van der Waals surface area (Å²) in [4.78, 5) is 11.9. The number of hydrogen-bond acceptors (Lipinski definition) is 2. The highest BCUT2D eigenvalue weighted by Gasteiger charge is 2.13. The van der Waals surface area contributed by atoms with Crippen LogP contribution in [0.2, 0.25) is 0 Å².